The minimum absolute atomic E-state index is 0.00298. The van der Waals surface area contributed by atoms with Crippen LogP contribution in [0.2, 0.25) is 0 Å². The fourth-order valence-corrected chi connectivity index (χ4v) is 4.17. The van der Waals surface area contributed by atoms with E-state index in [9.17, 15) is 4.79 Å². The molecular weight excluding hydrogens is 312 g/mol. The van der Waals surface area contributed by atoms with E-state index in [0.717, 1.165) is 47.2 Å². The highest BCUT2D eigenvalue weighted by Gasteiger charge is 2.29. The predicted octanol–water partition coefficient (Wildman–Crippen LogP) is 2.70. The van der Waals surface area contributed by atoms with Gasteiger partial charge in [0.05, 0.1) is 11.7 Å². The van der Waals surface area contributed by atoms with Gasteiger partial charge in [-0.15, -0.1) is 11.3 Å². The highest BCUT2D eigenvalue weighted by atomic mass is 32.1. The summed E-state index contributed by atoms with van der Waals surface area (Å²) in [6.07, 6.45) is 2.18. The molecule has 3 aromatic heterocycles. The largest absolute Gasteiger partial charge is 0.361 e. The van der Waals surface area contributed by atoms with Gasteiger partial charge in [-0.2, -0.15) is 0 Å². The van der Waals surface area contributed by atoms with Crippen LogP contribution in [0, 0.1) is 13.8 Å². The molecule has 0 aromatic carbocycles. The predicted molar refractivity (Wildman–Crippen MR) is 87.7 cm³/mol. The smallest absolute Gasteiger partial charge is 0.259 e. The van der Waals surface area contributed by atoms with Crippen LogP contribution >= 0.6 is 11.3 Å². The van der Waals surface area contributed by atoms with Crippen LogP contribution in [-0.4, -0.2) is 26.0 Å². The molecule has 1 aliphatic heterocycles. The number of aryl methyl sites for hydroxylation is 2. The van der Waals surface area contributed by atoms with E-state index < -0.39 is 0 Å². The van der Waals surface area contributed by atoms with Gasteiger partial charge in [0.15, 0.2) is 4.96 Å². The number of aromatic nitrogens is 3. The Bertz CT molecular complexity index is 910. The number of rotatable bonds is 3. The van der Waals surface area contributed by atoms with Crippen LogP contribution in [0.3, 0.4) is 0 Å². The lowest BCUT2D eigenvalue weighted by Gasteiger charge is -2.22. The summed E-state index contributed by atoms with van der Waals surface area (Å²) >= 11 is 1.51. The Morgan fingerprint density at radius 3 is 3.04 bits per heavy atom. The van der Waals surface area contributed by atoms with Crippen molar-refractivity contribution in [1.82, 2.24) is 19.4 Å². The van der Waals surface area contributed by atoms with Crippen molar-refractivity contribution in [3.8, 4) is 0 Å². The third kappa shape index (κ3) is 2.60. The zero-order valence-electron chi connectivity index (χ0n) is 13.2. The van der Waals surface area contributed by atoms with Crippen molar-refractivity contribution >= 4 is 16.3 Å². The summed E-state index contributed by atoms with van der Waals surface area (Å²) in [5.74, 6) is 0.832. The zero-order chi connectivity index (χ0) is 16.0. The van der Waals surface area contributed by atoms with Crippen LogP contribution in [-0.2, 0) is 6.54 Å². The van der Waals surface area contributed by atoms with Crippen LogP contribution in [0.5, 0.6) is 0 Å². The Balaban J connectivity index is 1.63. The molecule has 6 nitrogen and oxygen atoms in total. The first-order valence-corrected chi connectivity index (χ1v) is 8.64. The number of nitrogens with zero attached hydrogens (tertiary/aromatic N) is 4. The Hall–Kier alpha value is -1.99. The topological polar surface area (TPSA) is 63.6 Å². The van der Waals surface area contributed by atoms with Crippen molar-refractivity contribution in [3.63, 3.8) is 0 Å². The van der Waals surface area contributed by atoms with E-state index in [0.29, 0.717) is 6.54 Å². The summed E-state index contributed by atoms with van der Waals surface area (Å²) in [5, 5.41) is 6.12. The average Bonchev–Trinajstić information content (AvgIpc) is 3.20. The van der Waals surface area contributed by atoms with E-state index in [1.807, 2.05) is 25.3 Å². The van der Waals surface area contributed by atoms with Gasteiger partial charge in [-0.1, -0.05) is 5.16 Å². The van der Waals surface area contributed by atoms with Gasteiger partial charge in [0.2, 0.25) is 0 Å². The number of hydrogen-bond donors (Lipinski definition) is 0. The SMILES string of the molecule is Cc1cc([C@@H]2CCCN2Cc2cc(=O)n3c(C)csc3n2)no1. The third-order valence-electron chi connectivity index (χ3n) is 4.34. The van der Waals surface area contributed by atoms with Crippen LogP contribution in [0.1, 0.15) is 41.7 Å². The fourth-order valence-electron chi connectivity index (χ4n) is 3.28. The maximum Gasteiger partial charge on any atom is 0.259 e. The molecule has 0 spiro atoms. The monoisotopic (exact) mass is 330 g/mol. The van der Waals surface area contributed by atoms with Gasteiger partial charge < -0.3 is 4.52 Å². The van der Waals surface area contributed by atoms with Crippen LogP contribution in [0.4, 0.5) is 0 Å². The first-order chi connectivity index (χ1) is 11.1. The molecular formula is C16H18N4O2S. The lowest BCUT2D eigenvalue weighted by molar-refractivity contribution is 0.234. The van der Waals surface area contributed by atoms with E-state index in [1.54, 1.807) is 10.5 Å². The molecule has 7 heteroatoms. The van der Waals surface area contributed by atoms with Crippen molar-refractivity contribution in [2.45, 2.75) is 39.3 Å². The normalized spacial score (nSPS) is 19.0. The molecule has 0 aliphatic carbocycles. The standard InChI is InChI=1S/C16H18N4O2S/c1-10-9-23-16-17-12(7-15(21)20(10)16)8-19-5-3-4-14(19)13-6-11(2)22-18-13/h6-7,9,14H,3-5,8H2,1-2H3/t14-/m0/s1. The van der Waals surface area contributed by atoms with Crippen molar-refractivity contribution in [2.24, 2.45) is 0 Å². The second-order valence-electron chi connectivity index (χ2n) is 6.07. The van der Waals surface area contributed by atoms with Crippen LogP contribution < -0.4 is 5.56 Å². The number of hydrogen-bond acceptors (Lipinski definition) is 6. The Kier molecular flexibility index (Phi) is 3.54. The molecule has 1 atom stereocenters. The first kappa shape index (κ1) is 14.6. The molecule has 4 rings (SSSR count). The Morgan fingerprint density at radius 2 is 2.26 bits per heavy atom. The lowest BCUT2D eigenvalue weighted by Crippen LogP contribution is -2.25. The van der Waals surface area contributed by atoms with Gasteiger partial charge in [0, 0.05) is 29.8 Å². The van der Waals surface area contributed by atoms with Gasteiger partial charge in [-0.25, -0.2) is 4.98 Å². The fraction of sp³-hybridized carbons (Fsp3) is 0.438. The quantitative estimate of drug-likeness (QED) is 0.739. The van der Waals surface area contributed by atoms with E-state index in [4.69, 9.17) is 4.52 Å². The van der Waals surface area contributed by atoms with E-state index >= 15 is 0 Å². The molecule has 0 radical (unpaired) electrons. The van der Waals surface area contributed by atoms with Crippen LogP contribution in [0.25, 0.3) is 4.96 Å². The zero-order valence-corrected chi connectivity index (χ0v) is 14.0. The molecule has 120 valence electrons. The molecule has 23 heavy (non-hydrogen) atoms. The van der Waals surface area contributed by atoms with E-state index in [1.165, 1.54) is 11.3 Å². The van der Waals surface area contributed by atoms with Crippen molar-refractivity contribution in [1.29, 1.82) is 0 Å². The Labute approximate surface area is 137 Å². The van der Waals surface area contributed by atoms with Gasteiger partial charge in [-0.3, -0.25) is 14.1 Å². The van der Waals surface area contributed by atoms with Gasteiger partial charge in [-0.05, 0) is 33.2 Å². The molecule has 3 aromatic rings. The highest BCUT2D eigenvalue weighted by molar-refractivity contribution is 7.15. The summed E-state index contributed by atoms with van der Waals surface area (Å²) in [6, 6.07) is 3.89. The van der Waals surface area contributed by atoms with Gasteiger partial charge in [0.25, 0.3) is 5.56 Å². The maximum absolute atomic E-state index is 12.3. The molecule has 1 aliphatic rings. The third-order valence-corrected chi connectivity index (χ3v) is 5.29. The van der Waals surface area contributed by atoms with E-state index in [2.05, 4.69) is 15.0 Å². The second-order valence-corrected chi connectivity index (χ2v) is 6.91. The van der Waals surface area contributed by atoms with Crippen molar-refractivity contribution in [3.05, 3.63) is 50.7 Å². The summed E-state index contributed by atoms with van der Waals surface area (Å²) < 4.78 is 6.87. The molecule has 4 heterocycles. The lowest BCUT2D eigenvalue weighted by atomic mass is 10.1. The molecule has 1 saturated heterocycles. The summed E-state index contributed by atoms with van der Waals surface area (Å²) in [6.45, 7) is 5.49. The molecule has 1 fully saturated rings. The molecule has 0 saturated carbocycles. The highest BCUT2D eigenvalue weighted by Crippen LogP contribution is 2.32. The summed E-state index contributed by atoms with van der Waals surface area (Å²) in [7, 11) is 0. The minimum Gasteiger partial charge on any atom is -0.361 e. The first-order valence-electron chi connectivity index (χ1n) is 7.76. The minimum atomic E-state index is -0.00298. The number of fused-ring (bicyclic) bond motifs is 1. The molecule has 0 bridgehead atoms. The number of likely N-dealkylation sites (tertiary alicyclic amines) is 1. The molecule has 0 N–H and O–H groups in total. The van der Waals surface area contributed by atoms with Crippen molar-refractivity contribution in [2.75, 3.05) is 6.54 Å². The molecule has 0 unspecified atom stereocenters. The average molecular weight is 330 g/mol. The van der Waals surface area contributed by atoms with Crippen LogP contribution in [0.15, 0.2) is 26.8 Å². The van der Waals surface area contributed by atoms with E-state index in [-0.39, 0.29) is 11.6 Å². The second kappa shape index (κ2) is 5.58. The summed E-state index contributed by atoms with van der Waals surface area (Å²) in [4.78, 5) is 20.0. The Morgan fingerprint density at radius 1 is 1.39 bits per heavy atom. The summed E-state index contributed by atoms with van der Waals surface area (Å²) in [5.41, 5.74) is 2.73. The maximum atomic E-state index is 12.3. The van der Waals surface area contributed by atoms with Gasteiger partial charge >= 0.3 is 0 Å². The molecule has 0 amide bonds. The van der Waals surface area contributed by atoms with Crippen molar-refractivity contribution < 1.29 is 4.52 Å². The van der Waals surface area contributed by atoms with Gasteiger partial charge in [0.1, 0.15) is 11.5 Å². The number of thiazole rings is 1.